The number of ether oxygens (including phenoxy) is 1. The van der Waals surface area contributed by atoms with Gasteiger partial charge in [-0.05, 0) is 36.4 Å². The summed E-state index contributed by atoms with van der Waals surface area (Å²) in [4.78, 5) is 45.9. The molecule has 0 aliphatic carbocycles. The van der Waals surface area contributed by atoms with Crippen molar-refractivity contribution in [3.05, 3.63) is 54.4 Å². The zero-order valence-corrected chi connectivity index (χ0v) is 14.0. The molecule has 4 amide bonds. The number of hydrogen-bond acceptors (Lipinski definition) is 6. The normalized spacial score (nSPS) is 17.5. The molecular formula is C18H16N4O4. The van der Waals surface area contributed by atoms with Crippen LogP contribution in [0.25, 0.3) is 0 Å². The van der Waals surface area contributed by atoms with Crippen LogP contribution in [0.5, 0.6) is 5.75 Å². The third-order valence-electron chi connectivity index (χ3n) is 3.77. The number of aromatic nitrogens is 1. The smallest absolute Gasteiger partial charge is 0.335 e. The Labute approximate surface area is 149 Å². The summed E-state index contributed by atoms with van der Waals surface area (Å²) in [6, 6.07) is 11.0. The molecule has 0 spiro atoms. The number of rotatable bonds is 5. The first kappa shape index (κ1) is 17.3. The van der Waals surface area contributed by atoms with Gasteiger partial charge < -0.3 is 4.74 Å². The summed E-state index contributed by atoms with van der Waals surface area (Å²) in [6.45, 7) is 0.231. The summed E-state index contributed by atoms with van der Waals surface area (Å²) in [5, 5.41) is 2.17. The molecule has 1 fully saturated rings. The number of aliphatic imine (C=N–C) groups is 1. The predicted octanol–water partition coefficient (Wildman–Crippen LogP) is 1.56. The van der Waals surface area contributed by atoms with Crippen molar-refractivity contribution in [2.75, 3.05) is 12.0 Å². The van der Waals surface area contributed by atoms with Crippen molar-refractivity contribution in [1.29, 1.82) is 0 Å². The molecular weight excluding hydrogens is 336 g/mol. The minimum Gasteiger partial charge on any atom is -0.497 e. The molecule has 1 aromatic carbocycles. The molecule has 0 saturated carbocycles. The average Bonchev–Trinajstić information content (AvgIpc) is 2.65. The lowest BCUT2D eigenvalue weighted by molar-refractivity contribution is -0.131. The van der Waals surface area contributed by atoms with Gasteiger partial charge in [-0.3, -0.25) is 24.9 Å². The standard InChI is InChI=1S/C18H16N4O4/c1-26-14-7-5-13(6-8-14)22-17(24)15(16(23)21-18(22)25)11-19-10-12-4-2-3-9-20-12/h2-9,11,15H,10H2,1H3,(H,21,23,25)/t15-/m0/s1. The van der Waals surface area contributed by atoms with Gasteiger partial charge in [0.2, 0.25) is 5.91 Å². The van der Waals surface area contributed by atoms with Crippen LogP contribution in [0.2, 0.25) is 0 Å². The summed E-state index contributed by atoms with van der Waals surface area (Å²) >= 11 is 0. The Kier molecular flexibility index (Phi) is 5.02. The lowest BCUT2D eigenvalue weighted by atomic mass is 10.1. The van der Waals surface area contributed by atoms with E-state index < -0.39 is 23.8 Å². The highest BCUT2D eigenvalue weighted by molar-refractivity contribution is 6.32. The van der Waals surface area contributed by atoms with Crippen molar-refractivity contribution in [3.63, 3.8) is 0 Å². The quantitative estimate of drug-likeness (QED) is 0.650. The largest absolute Gasteiger partial charge is 0.497 e. The van der Waals surface area contributed by atoms with Crippen molar-refractivity contribution >= 4 is 29.7 Å². The maximum atomic E-state index is 12.6. The minimum atomic E-state index is -1.18. The van der Waals surface area contributed by atoms with E-state index in [0.717, 1.165) is 4.90 Å². The monoisotopic (exact) mass is 352 g/mol. The second kappa shape index (κ2) is 7.56. The average molecular weight is 352 g/mol. The molecule has 2 heterocycles. The van der Waals surface area contributed by atoms with Gasteiger partial charge in [-0.15, -0.1) is 0 Å². The number of pyridine rings is 1. The van der Waals surface area contributed by atoms with E-state index in [1.54, 1.807) is 42.6 Å². The molecule has 3 rings (SSSR count). The third kappa shape index (κ3) is 3.59. The van der Waals surface area contributed by atoms with Crippen molar-refractivity contribution < 1.29 is 19.1 Å². The summed E-state index contributed by atoms with van der Waals surface area (Å²) in [6.07, 6.45) is 2.88. The highest BCUT2D eigenvalue weighted by Gasteiger charge is 2.40. The fraction of sp³-hybridized carbons (Fsp3) is 0.167. The highest BCUT2D eigenvalue weighted by atomic mass is 16.5. The van der Waals surface area contributed by atoms with Gasteiger partial charge in [-0.25, -0.2) is 9.69 Å². The molecule has 2 aromatic rings. The van der Waals surface area contributed by atoms with Crippen molar-refractivity contribution in [2.24, 2.45) is 10.9 Å². The summed E-state index contributed by atoms with van der Waals surface area (Å²) in [7, 11) is 1.51. The number of hydrogen-bond donors (Lipinski definition) is 1. The Hall–Kier alpha value is -3.55. The molecule has 8 nitrogen and oxygen atoms in total. The number of nitrogens with zero attached hydrogens (tertiary/aromatic N) is 3. The van der Waals surface area contributed by atoms with Crippen LogP contribution in [0.1, 0.15) is 5.69 Å². The van der Waals surface area contributed by atoms with Crippen LogP contribution in [-0.4, -0.2) is 36.2 Å². The highest BCUT2D eigenvalue weighted by Crippen LogP contribution is 2.23. The van der Waals surface area contributed by atoms with Crippen LogP contribution < -0.4 is 15.0 Å². The van der Waals surface area contributed by atoms with E-state index in [4.69, 9.17) is 4.74 Å². The first-order valence-electron chi connectivity index (χ1n) is 7.83. The van der Waals surface area contributed by atoms with E-state index in [1.807, 2.05) is 6.07 Å². The molecule has 1 N–H and O–H groups in total. The Morgan fingerprint density at radius 2 is 1.96 bits per heavy atom. The predicted molar refractivity (Wildman–Crippen MR) is 93.9 cm³/mol. The molecule has 1 aromatic heterocycles. The van der Waals surface area contributed by atoms with E-state index in [1.165, 1.54) is 13.3 Å². The van der Waals surface area contributed by atoms with E-state index in [-0.39, 0.29) is 6.54 Å². The zero-order chi connectivity index (χ0) is 18.5. The third-order valence-corrected chi connectivity index (χ3v) is 3.77. The Balaban J connectivity index is 1.78. The van der Waals surface area contributed by atoms with Crippen LogP contribution in [-0.2, 0) is 16.1 Å². The van der Waals surface area contributed by atoms with Crippen LogP contribution in [0.3, 0.4) is 0 Å². The fourth-order valence-corrected chi connectivity index (χ4v) is 2.44. The molecule has 0 radical (unpaired) electrons. The maximum absolute atomic E-state index is 12.6. The van der Waals surface area contributed by atoms with Crippen LogP contribution in [0.4, 0.5) is 10.5 Å². The number of barbiturate groups is 1. The number of anilines is 1. The van der Waals surface area contributed by atoms with Crippen LogP contribution in [0.15, 0.2) is 53.7 Å². The van der Waals surface area contributed by atoms with Crippen molar-refractivity contribution in [3.8, 4) is 5.75 Å². The topological polar surface area (TPSA) is 101 Å². The van der Waals surface area contributed by atoms with Crippen molar-refractivity contribution in [2.45, 2.75) is 6.54 Å². The molecule has 26 heavy (non-hydrogen) atoms. The van der Waals surface area contributed by atoms with E-state index in [0.29, 0.717) is 17.1 Å². The number of carbonyl (C=O) groups is 3. The Bertz CT molecular complexity index is 849. The van der Waals surface area contributed by atoms with Gasteiger partial charge in [0.15, 0.2) is 5.92 Å². The number of carbonyl (C=O) groups excluding carboxylic acids is 3. The van der Waals surface area contributed by atoms with E-state index in [2.05, 4.69) is 15.3 Å². The van der Waals surface area contributed by atoms with Gasteiger partial charge in [0.1, 0.15) is 5.75 Å². The van der Waals surface area contributed by atoms with Gasteiger partial charge in [0.25, 0.3) is 5.91 Å². The molecule has 1 atom stereocenters. The number of imide groups is 2. The van der Waals surface area contributed by atoms with Gasteiger partial charge in [-0.1, -0.05) is 6.07 Å². The molecule has 8 heteroatoms. The second-order valence-electron chi connectivity index (χ2n) is 5.45. The molecule has 132 valence electrons. The molecule has 1 aliphatic rings. The first-order chi connectivity index (χ1) is 12.6. The summed E-state index contributed by atoms with van der Waals surface area (Å²) < 4.78 is 5.06. The van der Waals surface area contributed by atoms with Crippen molar-refractivity contribution in [1.82, 2.24) is 10.3 Å². The van der Waals surface area contributed by atoms with Gasteiger partial charge >= 0.3 is 6.03 Å². The molecule has 1 saturated heterocycles. The molecule has 0 bridgehead atoms. The Morgan fingerprint density at radius 1 is 1.19 bits per heavy atom. The van der Waals surface area contributed by atoms with Crippen LogP contribution in [0, 0.1) is 5.92 Å². The molecule has 1 aliphatic heterocycles. The van der Waals surface area contributed by atoms with Gasteiger partial charge in [-0.2, -0.15) is 0 Å². The van der Waals surface area contributed by atoms with Gasteiger partial charge in [0, 0.05) is 12.4 Å². The Morgan fingerprint density at radius 3 is 2.62 bits per heavy atom. The summed E-state index contributed by atoms with van der Waals surface area (Å²) in [5.74, 6) is -1.95. The SMILES string of the molecule is COc1ccc(N2C(=O)NC(=O)[C@H](C=NCc3ccccn3)C2=O)cc1. The lowest BCUT2D eigenvalue weighted by Gasteiger charge is -2.28. The second-order valence-corrected chi connectivity index (χ2v) is 5.45. The summed E-state index contributed by atoms with van der Waals surface area (Å²) in [5.41, 5.74) is 1.04. The first-order valence-corrected chi connectivity index (χ1v) is 7.83. The number of amides is 4. The minimum absolute atomic E-state index is 0.231. The van der Waals surface area contributed by atoms with E-state index in [9.17, 15) is 14.4 Å². The zero-order valence-electron chi connectivity index (χ0n) is 14.0. The fourth-order valence-electron chi connectivity index (χ4n) is 2.44. The number of benzene rings is 1. The number of nitrogens with one attached hydrogen (secondary N) is 1. The number of urea groups is 1. The maximum Gasteiger partial charge on any atom is 0.335 e. The number of methoxy groups -OCH3 is 1. The van der Waals surface area contributed by atoms with Crippen LogP contribution >= 0.6 is 0 Å². The van der Waals surface area contributed by atoms with E-state index >= 15 is 0 Å². The van der Waals surface area contributed by atoms with Gasteiger partial charge in [0.05, 0.1) is 25.0 Å². The lowest BCUT2D eigenvalue weighted by Crippen LogP contribution is -2.58. The molecule has 0 unspecified atom stereocenters.